The van der Waals surface area contributed by atoms with Gasteiger partial charge in [-0.3, -0.25) is 4.79 Å². The van der Waals surface area contributed by atoms with Gasteiger partial charge in [-0.15, -0.1) is 0 Å². The number of nitrogens with zero attached hydrogens (tertiary/aromatic N) is 2. The molecule has 27 heavy (non-hydrogen) atoms. The molecule has 0 N–H and O–H groups in total. The lowest BCUT2D eigenvalue weighted by molar-refractivity contribution is 0.0839. The fraction of sp³-hybridized carbons (Fsp3) is 0.391. The third-order valence-corrected chi connectivity index (χ3v) is 5.41. The first-order valence-corrected chi connectivity index (χ1v) is 9.64. The van der Waals surface area contributed by atoms with Crippen molar-refractivity contribution in [3.8, 4) is 6.07 Å². The number of Topliss-reactive ketones (excluding diaryl/α,β-unsaturated/α-hetero) is 1. The highest BCUT2D eigenvalue weighted by molar-refractivity contribution is 5.97. The topological polar surface area (TPSA) is 44.1 Å². The molecule has 0 bridgehead atoms. The smallest absolute Gasteiger partial charge is 0.166 e. The Morgan fingerprint density at radius 1 is 1.11 bits per heavy atom. The molecule has 1 aliphatic rings. The van der Waals surface area contributed by atoms with Crippen LogP contribution in [0.5, 0.6) is 0 Å². The predicted molar refractivity (Wildman–Crippen MR) is 104 cm³/mol. The van der Waals surface area contributed by atoms with Crippen LogP contribution in [0, 0.1) is 23.1 Å². The van der Waals surface area contributed by atoms with Crippen LogP contribution >= 0.6 is 0 Å². The van der Waals surface area contributed by atoms with Crippen molar-refractivity contribution in [2.45, 2.75) is 31.6 Å². The van der Waals surface area contributed by atoms with Crippen molar-refractivity contribution in [2.24, 2.45) is 5.92 Å². The molecule has 0 saturated carbocycles. The number of hydrogen-bond acceptors (Lipinski definition) is 3. The van der Waals surface area contributed by atoms with E-state index in [-0.39, 0.29) is 23.4 Å². The van der Waals surface area contributed by atoms with Gasteiger partial charge in [-0.05, 0) is 75.1 Å². The lowest BCUT2D eigenvalue weighted by atomic mass is 9.88. The van der Waals surface area contributed by atoms with E-state index < -0.39 is 0 Å². The summed E-state index contributed by atoms with van der Waals surface area (Å²) in [5.41, 5.74) is 1.69. The van der Waals surface area contributed by atoms with Crippen LogP contribution in [0.1, 0.15) is 47.5 Å². The normalized spacial score (nSPS) is 16.6. The number of carbonyl (C=O) groups excluding carboxylic acids is 1. The monoisotopic (exact) mass is 364 g/mol. The first-order valence-electron chi connectivity index (χ1n) is 9.64. The van der Waals surface area contributed by atoms with Crippen LogP contribution in [0.4, 0.5) is 4.39 Å². The average molecular weight is 364 g/mol. The van der Waals surface area contributed by atoms with E-state index >= 15 is 0 Å². The second-order valence-corrected chi connectivity index (χ2v) is 7.22. The number of rotatable bonds is 7. The van der Waals surface area contributed by atoms with Crippen molar-refractivity contribution in [1.82, 2.24) is 4.90 Å². The maximum absolute atomic E-state index is 13.0. The Bertz CT molecular complexity index is 774. The Morgan fingerprint density at radius 3 is 2.41 bits per heavy atom. The zero-order valence-corrected chi connectivity index (χ0v) is 15.5. The molecule has 3 rings (SSSR count). The molecule has 3 nitrogen and oxygen atoms in total. The highest BCUT2D eigenvalue weighted by Gasteiger charge is 2.25. The van der Waals surface area contributed by atoms with E-state index in [1.165, 1.54) is 12.1 Å². The summed E-state index contributed by atoms with van der Waals surface area (Å²) in [6, 6.07) is 18.2. The lowest BCUT2D eigenvalue weighted by Gasteiger charge is -2.31. The van der Waals surface area contributed by atoms with Gasteiger partial charge < -0.3 is 4.90 Å². The fourth-order valence-corrected chi connectivity index (χ4v) is 3.78. The summed E-state index contributed by atoms with van der Waals surface area (Å²) in [6.45, 7) is 2.77. The van der Waals surface area contributed by atoms with E-state index in [1.54, 1.807) is 12.1 Å². The Balaban J connectivity index is 1.42. The molecule has 0 aromatic heterocycles. The first-order chi connectivity index (χ1) is 13.2. The summed E-state index contributed by atoms with van der Waals surface area (Å²) in [5.74, 6) is -0.206. The highest BCUT2D eigenvalue weighted by Crippen LogP contribution is 2.24. The predicted octanol–water partition coefficient (Wildman–Crippen LogP) is 4.81. The van der Waals surface area contributed by atoms with Gasteiger partial charge in [0.2, 0.25) is 0 Å². The Labute approximate surface area is 160 Å². The van der Waals surface area contributed by atoms with Gasteiger partial charge in [0.1, 0.15) is 5.82 Å². The third kappa shape index (κ3) is 5.24. The molecule has 2 aromatic rings. The van der Waals surface area contributed by atoms with Crippen LogP contribution in [-0.4, -0.2) is 30.3 Å². The Kier molecular flexibility index (Phi) is 6.73. The molecular weight excluding hydrogens is 339 g/mol. The molecule has 1 heterocycles. The van der Waals surface area contributed by atoms with Crippen LogP contribution < -0.4 is 0 Å². The lowest BCUT2D eigenvalue weighted by Crippen LogP contribution is -2.37. The molecule has 2 aromatic carbocycles. The van der Waals surface area contributed by atoms with Crippen LogP contribution in [-0.2, 0) is 0 Å². The van der Waals surface area contributed by atoms with Crippen molar-refractivity contribution in [2.75, 3.05) is 19.6 Å². The summed E-state index contributed by atoms with van der Waals surface area (Å²) >= 11 is 0. The first kappa shape index (κ1) is 19.3. The summed E-state index contributed by atoms with van der Waals surface area (Å²) in [7, 11) is 0. The van der Waals surface area contributed by atoms with E-state index in [1.807, 2.05) is 30.3 Å². The molecular formula is C23H25FN2O. The number of benzene rings is 2. The SMILES string of the molecule is N#CC(CCCN1CCC(C(=O)c2ccc(F)cc2)CC1)c1ccccc1. The third-order valence-electron chi connectivity index (χ3n) is 5.41. The minimum atomic E-state index is -0.312. The summed E-state index contributed by atoms with van der Waals surface area (Å²) < 4.78 is 13.0. The minimum Gasteiger partial charge on any atom is -0.303 e. The molecule has 1 unspecified atom stereocenters. The molecule has 1 atom stereocenters. The van der Waals surface area contributed by atoms with E-state index in [2.05, 4.69) is 11.0 Å². The van der Waals surface area contributed by atoms with Gasteiger partial charge in [-0.25, -0.2) is 4.39 Å². The zero-order chi connectivity index (χ0) is 19.1. The van der Waals surface area contributed by atoms with Crippen molar-refractivity contribution in [3.63, 3.8) is 0 Å². The maximum atomic E-state index is 13.0. The van der Waals surface area contributed by atoms with Gasteiger partial charge in [0, 0.05) is 11.5 Å². The number of likely N-dealkylation sites (tertiary alicyclic amines) is 1. The van der Waals surface area contributed by atoms with Crippen LogP contribution in [0.15, 0.2) is 54.6 Å². The van der Waals surface area contributed by atoms with E-state index in [9.17, 15) is 14.4 Å². The largest absolute Gasteiger partial charge is 0.303 e. The van der Waals surface area contributed by atoms with E-state index in [0.717, 1.165) is 50.9 Å². The van der Waals surface area contributed by atoms with Crippen molar-refractivity contribution < 1.29 is 9.18 Å². The number of piperidine rings is 1. The number of ketones is 1. The second kappa shape index (κ2) is 9.43. The number of halogens is 1. The Morgan fingerprint density at radius 2 is 1.78 bits per heavy atom. The van der Waals surface area contributed by atoms with Crippen molar-refractivity contribution in [3.05, 3.63) is 71.5 Å². The molecule has 1 aliphatic heterocycles. The minimum absolute atomic E-state index is 0.0305. The highest BCUT2D eigenvalue weighted by atomic mass is 19.1. The summed E-state index contributed by atoms with van der Waals surface area (Å²) in [4.78, 5) is 14.9. The number of hydrogen-bond donors (Lipinski definition) is 0. The van der Waals surface area contributed by atoms with Gasteiger partial charge >= 0.3 is 0 Å². The van der Waals surface area contributed by atoms with Crippen LogP contribution in [0.25, 0.3) is 0 Å². The second-order valence-electron chi connectivity index (χ2n) is 7.22. The zero-order valence-electron chi connectivity index (χ0n) is 15.5. The number of carbonyl (C=O) groups is 1. The summed E-state index contributed by atoms with van der Waals surface area (Å²) in [5, 5.41) is 9.41. The van der Waals surface area contributed by atoms with Crippen molar-refractivity contribution >= 4 is 5.78 Å². The van der Waals surface area contributed by atoms with Crippen LogP contribution in [0.2, 0.25) is 0 Å². The average Bonchev–Trinajstić information content (AvgIpc) is 2.72. The van der Waals surface area contributed by atoms with E-state index in [0.29, 0.717) is 5.56 Å². The van der Waals surface area contributed by atoms with Gasteiger partial charge in [0.15, 0.2) is 5.78 Å². The molecule has 1 fully saturated rings. The van der Waals surface area contributed by atoms with Gasteiger partial charge in [-0.2, -0.15) is 5.26 Å². The molecule has 4 heteroatoms. The molecule has 0 spiro atoms. The number of nitriles is 1. The Hall–Kier alpha value is -2.51. The fourth-order valence-electron chi connectivity index (χ4n) is 3.78. The standard InChI is InChI=1S/C23H25FN2O/c24-22-10-8-19(9-11-22)23(27)20-12-15-26(16-13-20)14-4-7-21(17-25)18-5-2-1-3-6-18/h1-3,5-6,8-11,20-21H,4,7,12-16H2. The van der Waals surface area contributed by atoms with Gasteiger partial charge in [0.25, 0.3) is 0 Å². The summed E-state index contributed by atoms with van der Waals surface area (Å²) in [6.07, 6.45) is 3.52. The van der Waals surface area contributed by atoms with Crippen molar-refractivity contribution in [1.29, 1.82) is 5.26 Å². The molecule has 0 radical (unpaired) electrons. The molecule has 0 amide bonds. The quantitative estimate of drug-likeness (QED) is 0.662. The van der Waals surface area contributed by atoms with E-state index in [4.69, 9.17) is 0 Å². The maximum Gasteiger partial charge on any atom is 0.166 e. The van der Waals surface area contributed by atoms with Crippen LogP contribution in [0.3, 0.4) is 0 Å². The molecule has 140 valence electrons. The molecule has 0 aliphatic carbocycles. The molecule has 1 saturated heterocycles. The van der Waals surface area contributed by atoms with Gasteiger partial charge in [-0.1, -0.05) is 30.3 Å². The van der Waals surface area contributed by atoms with Gasteiger partial charge in [0.05, 0.1) is 12.0 Å².